The van der Waals surface area contributed by atoms with Gasteiger partial charge in [-0.05, 0) is 35.7 Å². The fourth-order valence-corrected chi connectivity index (χ4v) is 4.38. The van der Waals surface area contributed by atoms with Crippen LogP contribution in [-0.2, 0) is 33.8 Å². The number of H-pyrrole nitrogens is 1. The third-order valence-corrected chi connectivity index (χ3v) is 6.09. The fraction of sp³-hybridized carbons (Fsp3) is 0.250. The summed E-state index contributed by atoms with van der Waals surface area (Å²) in [4.78, 5) is 43.1. The topological polar surface area (TPSA) is 97.9 Å². The maximum Gasteiger partial charge on any atom is 0.268 e. The van der Waals surface area contributed by atoms with E-state index in [0.717, 1.165) is 39.8 Å². The van der Waals surface area contributed by atoms with Crippen LogP contribution in [0.25, 0.3) is 10.9 Å². The first-order chi connectivity index (χ1) is 15.5. The first-order valence-electron chi connectivity index (χ1n) is 10.7. The number of para-hydroxylation sites is 1. The van der Waals surface area contributed by atoms with Gasteiger partial charge in [0.1, 0.15) is 18.8 Å². The van der Waals surface area contributed by atoms with Crippen LogP contribution >= 0.6 is 0 Å². The fourth-order valence-electron chi connectivity index (χ4n) is 4.38. The molecular formula is C24H23N5O3. The van der Waals surface area contributed by atoms with Gasteiger partial charge in [0.05, 0.1) is 6.54 Å². The van der Waals surface area contributed by atoms with Gasteiger partial charge in [0.2, 0.25) is 5.91 Å². The molecule has 1 saturated heterocycles. The maximum atomic E-state index is 13.1. The van der Waals surface area contributed by atoms with E-state index in [1.54, 1.807) is 4.90 Å². The molecular weight excluding hydrogens is 406 g/mol. The summed E-state index contributed by atoms with van der Waals surface area (Å²) in [7, 11) is 0. The number of anilines is 1. The van der Waals surface area contributed by atoms with Crippen LogP contribution in [-0.4, -0.2) is 51.4 Å². The zero-order valence-electron chi connectivity index (χ0n) is 17.7. The summed E-state index contributed by atoms with van der Waals surface area (Å²) in [6.45, 7) is 2.24. The lowest BCUT2D eigenvalue weighted by molar-refractivity contribution is -0.157. The summed E-state index contributed by atoms with van der Waals surface area (Å²) in [5, 5.41) is 8.92. The van der Waals surface area contributed by atoms with Crippen LogP contribution in [0.1, 0.15) is 23.7 Å². The number of aryl methyl sites for hydroxylation is 1. The monoisotopic (exact) mass is 429 g/mol. The number of hydrogen-bond donors (Lipinski definition) is 2. The van der Waals surface area contributed by atoms with Gasteiger partial charge in [0, 0.05) is 28.7 Å². The molecule has 1 fully saturated rings. The lowest BCUT2D eigenvalue weighted by Crippen LogP contribution is -2.60. The predicted molar refractivity (Wildman–Crippen MR) is 121 cm³/mol. The maximum absolute atomic E-state index is 13.1. The van der Waals surface area contributed by atoms with Gasteiger partial charge >= 0.3 is 0 Å². The van der Waals surface area contributed by atoms with Crippen molar-refractivity contribution in [2.24, 2.45) is 5.10 Å². The molecule has 1 atom stereocenters. The number of hydrogen-bond acceptors (Lipinski definition) is 4. The first-order valence-corrected chi connectivity index (χ1v) is 10.7. The lowest BCUT2D eigenvalue weighted by Gasteiger charge is -2.40. The number of aromatic nitrogens is 1. The Morgan fingerprint density at radius 1 is 1.16 bits per heavy atom. The molecule has 0 unspecified atom stereocenters. The summed E-state index contributed by atoms with van der Waals surface area (Å²) >= 11 is 0. The van der Waals surface area contributed by atoms with Gasteiger partial charge < -0.3 is 15.2 Å². The van der Waals surface area contributed by atoms with Crippen molar-refractivity contribution in [1.29, 1.82) is 0 Å². The van der Waals surface area contributed by atoms with E-state index in [2.05, 4.69) is 22.3 Å². The largest absolute Gasteiger partial charge is 0.357 e. The van der Waals surface area contributed by atoms with Gasteiger partial charge in [-0.25, -0.2) is 5.01 Å². The zero-order chi connectivity index (χ0) is 22.2. The Hall–Kier alpha value is -3.94. The summed E-state index contributed by atoms with van der Waals surface area (Å²) in [5.74, 6) is -0.928. The van der Waals surface area contributed by atoms with Crippen LogP contribution < -0.4 is 5.32 Å². The van der Waals surface area contributed by atoms with Gasteiger partial charge in [-0.15, -0.1) is 0 Å². The Balaban J connectivity index is 1.31. The average molecular weight is 429 g/mol. The molecule has 2 aliphatic heterocycles. The number of piperazine rings is 1. The number of hydrazone groups is 1. The minimum atomic E-state index is -0.621. The number of aromatic amines is 1. The van der Waals surface area contributed by atoms with Gasteiger partial charge in [-0.3, -0.25) is 14.4 Å². The summed E-state index contributed by atoms with van der Waals surface area (Å²) < 4.78 is 0. The highest BCUT2D eigenvalue weighted by Gasteiger charge is 2.43. The Kier molecular flexibility index (Phi) is 4.97. The smallest absolute Gasteiger partial charge is 0.268 e. The number of carbonyl (C=O) groups excluding carboxylic acids is 3. The summed E-state index contributed by atoms with van der Waals surface area (Å²) in [6, 6.07) is 14.8. The van der Waals surface area contributed by atoms with E-state index in [-0.39, 0.29) is 18.4 Å². The number of benzene rings is 2. The van der Waals surface area contributed by atoms with E-state index in [1.807, 2.05) is 48.5 Å². The third kappa shape index (κ3) is 3.53. The third-order valence-electron chi connectivity index (χ3n) is 6.09. The second-order valence-electron chi connectivity index (χ2n) is 8.05. The van der Waals surface area contributed by atoms with Crippen LogP contribution in [0.4, 0.5) is 5.69 Å². The van der Waals surface area contributed by atoms with E-state index >= 15 is 0 Å². The van der Waals surface area contributed by atoms with Gasteiger partial charge in [0.15, 0.2) is 0 Å². The van der Waals surface area contributed by atoms with Crippen molar-refractivity contribution >= 4 is 40.5 Å². The molecule has 32 heavy (non-hydrogen) atoms. The molecule has 2 N–H and O–H groups in total. The Morgan fingerprint density at radius 3 is 2.72 bits per heavy atom. The molecule has 0 spiro atoms. The molecule has 162 valence electrons. The standard InChI is InChI=1S/C24H23N5O3/c1-2-15-7-9-16(10-8-15)26-22(30)12-25-29-14-23(31)28-13-20-18(11-21(28)24(29)32)17-5-3-4-6-19(17)27-20/h3-10,12,21,27H,2,11,13-14H2,1H3,(H,26,30)/b25-12-/t21-/m0/s1. The molecule has 0 radical (unpaired) electrons. The lowest BCUT2D eigenvalue weighted by atomic mass is 9.94. The Morgan fingerprint density at radius 2 is 1.94 bits per heavy atom. The molecule has 8 nitrogen and oxygen atoms in total. The number of fused-ring (bicyclic) bond motifs is 4. The highest BCUT2D eigenvalue weighted by Crippen LogP contribution is 2.32. The second kappa shape index (κ2) is 7.96. The van der Waals surface area contributed by atoms with E-state index in [9.17, 15) is 14.4 Å². The molecule has 1 aromatic heterocycles. The van der Waals surface area contributed by atoms with E-state index in [0.29, 0.717) is 18.7 Å². The summed E-state index contributed by atoms with van der Waals surface area (Å²) in [6.07, 6.45) is 2.39. The highest BCUT2D eigenvalue weighted by molar-refractivity contribution is 6.31. The first kappa shape index (κ1) is 20.0. The number of amides is 3. The van der Waals surface area contributed by atoms with Gasteiger partial charge in [-0.1, -0.05) is 37.3 Å². The van der Waals surface area contributed by atoms with Gasteiger partial charge in [-0.2, -0.15) is 5.10 Å². The molecule has 0 aliphatic carbocycles. The molecule has 2 aromatic carbocycles. The molecule has 3 heterocycles. The van der Waals surface area contributed by atoms with Crippen LogP contribution in [0.2, 0.25) is 0 Å². The van der Waals surface area contributed by atoms with E-state index in [4.69, 9.17) is 0 Å². The molecule has 3 amide bonds. The number of nitrogens with zero attached hydrogens (tertiary/aromatic N) is 3. The van der Waals surface area contributed by atoms with E-state index < -0.39 is 11.9 Å². The zero-order valence-corrected chi connectivity index (χ0v) is 17.7. The van der Waals surface area contributed by atoms with Crippen molar-refractivity contribution in [3.8, 4) is 0 Å². The average Bonchev–Trinajstić information content (AvgIpc) is 3.18. The Labute approximate surface area is 184 Å². The highest BCUT2D eigenvalue weighted by atomic mass is 16.2. The predicted octanol–water partition coefficient (Wildman–Crippen LogP) is 2.45. The molecule has 0 bridgehead atoms. The minimum Gasteiger partial charge on any atom is -0.357 e. The van der Waals surface area contributed by atoms with Crippen molar-refractivity contribution < 1.29 is 14.4 Å². The van der Waals surface area contributed by atoms with Crippen LogP contribution in [0, 0.1) is 0 Å². The van der Waals surface area contributed by atoms with Crippen molar-refractivity contribution in [1.82, 2.24) is 14.9 Å². The molecule has 2 aliphatic rings. The van der Waals surface area contributed by atoms with Crippen molar-refractivity contribution in [2.75, 3.05) is 11.9 Å². The molecule has 0 saturated carbocycles. The van der Waals surface area contributed by atoms with E-state index in [1.165, 1.54) is 5.56 Å². The molecule has 5 rings (SSSR count). The normalized spacial score (nSPS) is 18.2. The SMILES string of the molecule is CCc1ccc(NC(=O)/C=N\N2CC(=O)N3Cc4[nH]c5ccccc5c4C[C@H]3C2=O)cc1. The number of rotatable bonds is 4. The van der Waals surface area contributed by atoms with Crippen molar-refractivity contribution in [3.05, 3.63) is 65.4 Å². The van der Waals surface area contributed by atoms with Crippen molar-refractivity contribution in [3.63, 3.8) is 0 Å². The van der Waals surface area contributed by atoms with Crippen molar-refractivity contribution in [2.45, 2.75) is 32.4 Å². The quantitative estimate of drug-likeness (QED) is 0.624. The number of nitrogens with one attached hydrogen (secondary N) is 2. The summed E-state index contributed by atoms with van der Waals surface area (Å²) in [5.41, 5.74) is 4.83. The second-order valence-corrected chi connectivity index (χ2v) is 8.05. The van der Waals surface area contributed by atoms with Gasteiger partial charge in [0.25, 0.3) is 11.8 Å². The number of carbonyl (C=O) groups is 3. The van der Waals surface area contributed by atoms with Crippen LogP contribution in [0.15, 0.2) is 53.6 Å². The van der Waals surface area contributed by atoms with Crippen LogP contribution in [0.3, 0.4) is 0 Å². The Bertz CT molecular complexity index is 1240. The minimum absolute atomic E-state index is 0.181. The molecule has 3 aromatic rings. The van der Waals surface area contributed by atoms with Crippen LogP contribution in [0.5, 0.6) is 0 Å². The molecule has 8 heteroatoms.